The van der Waals surface area contributed by atoms with Crippen molar-refractivity contribution in [1.29, 1.82) is 0 Å². The molecule has 136 valence electrons. The summed E-state index contributed by atoms with van der Waals surface area (Å²) >= 11 is 0. The van der Waals surface area contributed by atoms with Crippen LogP contribution in [0.3, 0.4) is 0 Å². The number of rotatable bonds is 12. The van der Waals surface area contributed by atoms with Crippen molar-refractivity contribution in [3.8, 4) is 0 Å². The number of hydrogen-bond acceptors (Lipinski definition) is 1. The SMILES string of the molecule is CCCCCCCCCCCC(C)(C)Cc1ccccc1.Cl.N. The number of hydrogen-bond donors (Lipinski definition) is 1. The van der Waals surface area contributed by atoms with E-state index in [1.165, 1.54) is 76.2 Å². The van der Waals surface area contributed by atoms with Gasteiger partial charge in [-0.15, -0.1) is 12.4 Å². The fourth-order valence-corrected chi connectivity index (χ4v) is 3.15. The van der Waals surface area contributed by atoms with Gasteiger partial charge in [-0.3, -0.25) is 0 Å². The first-order valence-electron chi connectivity index (χ1n) is 9.18. The molecule has 1 aromatic rings. The lowest BCUT2D eigenvalue weighted by Gasteiger charge is -2.24. The van der Waals surface area contributed by atoms with Gasteiger partial charge in [-0.05, 0) is 23.8 Å². The molecule has 3 N–H and O–H groups in total. The molecule has 0 radical (unpaired) electrons. The predicted molar refractivity (Wildman–Crippen MR) is 108 cm³/mol. The van der Waals surface area contributed by atoms with Gasteiger partial charge in [0.2, 0.25) is 0 Å². The quantitative estimate of drug-likeness (QED) is 0.387. The third-order valence-electron chi connectivity index (χ3n) is 4.48. The Bertz CT molecular complexity index is 348. The van der Waals surface area contributed by atoms with E-state index in [0.29, 0.717) is 5.41 Å². The fourth-order valence-electron chi connectivity index (χ4n) is 3.15. The normalized spacial score (nSPS) is 10.7. The highest BCUT2D eigenvalue weighted by Crippen LogP contribution is 2.28. The van der Waals surface area contributed by atoms with Crippen LogP contribution in [0.15, 0.2) is 30.3 Å². The van der Waals surface area contributed by atoms with E-state index in [2.05, 4.69) is 51.1 Å². The molecule has 23 heavy (non-hydrogen) atoms. The summed E-state index contributed by atoms with van der Waals surface area (Å²) in [6.07, 6.45) is 15.4. The summed E-state index contributed by atoms with van der Waals surface area (Å²) < 4.78 is 0. The molecule has 0 aliphatic rings. The topological polar surface area (TPSA) is 35.0 Å². The molecule has 0 aromatic heterocycles. The highest BCUT2D eigenvalue weighted by molar-refractivity contribution is 5.85. The average molecular weight is 342 g/mol. The first-order chi connectivity index (χ1) is 10.1. The van der Waals surface area contributed by atoms with Crippen molar-refractivity contribution in [3.63, 3.8) is 0 Å². The van der Waals surface area contributed by atoms with Gasteiger partial charge in [-0.2, -0.15) is 0 Å². The van der Waals surface area contributed by atoms with Crippen LogP contribution in [0, 0.1) is 5.41 Å². The van der Waals surface area contributed by atoms with Crippen LogP contribution < -0.4 is 6.15 Å². The summed E-state index contributed by atoms with van der Waals surface area (Å²) in [7, 11) is 0. The van der Waals surface area contributed by atoms with E-state index < -0.39 is 0 Å². The Balaban J connectivity index is 0. The first kappa shape index (κ1) is 24.7. The van der Waals surface area contributed by atoms with Crippen molar-refractivity contribution in [2.45, 2.75) is 91.4 Å². The van der Waals surface area contributed by atoms with E-state index >= 15 is 0 Å². The van der Waals surface area contributed by atoms with E-state index in [0.717, 1.165) is 0 Å². The number of halogens is 1. The maximum atomic E-state index is 2.42. The molecule has 0 atom stereocenters. The van der Waals surface area contributed by atoms with Crippen LogP contribution in [0.1, 0.15) is 90.5 Å². The Morgan fingerprint density at radius 1 is 0.739 bits per heavy atom. The third-order valence-corrected chi connectivity index (χ3v) is 4.48. The van der Waals surface area contributed by atoms with Crippen molar-refractivity contribution in [2.24, 2.45) is 5.41 Å². The summed E-state index contributed by atoms with van der Waals surface area (Å²) in [6.45, 7) is 7.13. The zero-order valence-corrected chi connectivity index (χ0v) is 16.6. The average Bonchev–Trinajstić information content (AvgIpc) is 2.46. The predicted octanol–water partition coefficient (Wildman–Crippen LogP) is 7.76. The second kappa shape index (κ2) is 15.0. The number of benzene rings is 1. The zero-order valence-electron chi connectivity index (χ0n) is 15.8. The molecule has 0 bridgehead atoms. The van der Waals surface area contributed by atoms with Crippen LogP contribution in [0.4, 0.5) is 0 Å². The van der Waals surface area contributed by atoms with Crippen LogP contribution in [-0.4, -0.2) is 0 Å². The maximum Gasteiger partial charge on any atom is -0.0227 e. The summed E-state index contributed by atoms with van der Waals surface area (Å²) in [4.78, 5) is 0. The van der Waals surface area contributed by atoms with Crippen LogP contribution in [-0.2, 0) is 6.42 Å². The molecule has 0 fully saturated rings. The fraction of sp³-hybridized carbons (Fsp3) is 0.714. The van der Waals surface area contributed by atoms with E-state index in [1.807, 2.05) is 0 Å². The summed E-state index contributed by atoms with van der Waals surface area (Å²) in [5, 5.41) is 0. The molecule has 0 spiro atoms. The van der Waals surface area contributed by atoms with Gasteiger partial charge in [0.1, 0.15) is 0 Å². The molecule has 0 aliphatic carbocycles. The van der Waals surface area contributed by atoms with E-state index in [4.69, 9.17) is 0 Å². The molecule has 1 rings (SSSR count). The Kier molecular flexibility index (Phi) is 16.1. The van der Waals surface area contributed by atoms with E-state index in [9.17, 15) is 0 Å². The van der Waals surface area contributed by atoms with Crippen LogP contribution in [0.25, 0.3) is 0 Å². The van der Waals surface area contributed by atoms with Gasteiger partial charge in [-0.25, -0.2) is 0 Å². The Morgan fingerprint density at radius 3 is 1.74 bits per heavy atom. The third kappa shape index (κ3) is 13.6. The molecule has 0 unspecified atom stereocenters. The van der Waals surface area contributed by atoms with Crippen molar-refractivity contribution >= 4 is 12.4 Å². The largest absolute Gasteiger partial charge is 0.344 e. The molecule has 0 heterocycles. The Hall–Kier alpha value is -0.530. The highest BCUT2D eigenvalue weighted by atomic mass is 35.5. The summed E-state index contributed by atoms with van der Waals surface area (Å²) in [5.41, 5.74) is 1.93. The Labute approximate surface area is 151 Å². The van der Waals surface area contributed by atoms with Crippen molar-refractivity contribution in [1.82, 2.24) is 6.15 Å². The van der Waals surface area contributed by atoms with Gasteiger partial charge < -0.3 is 6.15 Å². The lowest BCUT2D eigenvalue weighted by molar-refractivity contribution is 0.316. The van der Waals surface area contributed by atoms with Gasteiger partial charge in [0.15, 0.2) is 0 Å². The first-order valence-corrected chi connectivity index (χ1v) is 9.18. The summed E-state index contributed by atoms with van der Waals surface area (Å²) in [6, 6.07) is 10.9. The van der Waals surface area contributed by atoms with Crippen molar-refractivity contribution < 1.29 is 0 Å². The van der Waals surface area contributed by atoms with Crippen LogP contribution in [0.2, 0.25) is 0 Å². The molecule has 0 saturated carbocycles. The lowest BCUT2D eigenvalue weighted by Crippen LogP contribution is -2.14. The second-order valence-corrected chi connectivity index (χ2v) is 7.41. The molecular formula is C21H40ClN. The van der Waals surface area contributed by atoms with Gasteiger partial charge in [0.25, 0.3) is 0 Å². The van der Waals surface area contributed by atoms with E-state index in [1.54, 1.807) is 0 Å². The van der Waals surface area contributed by atoms with Gasteiger partial charge in [0.05, 0.1) is 0 Å². The van der Waals surface area contributed by atoms with Crippen LogP contribution in [0.5, 0.6) is 0 Å². The number of unbranched alkanes of at least 4 members (excludes halogenated alkanes) is 8. The minimum absolute atomic E-state index is 0. The molecule has 0 aliphatic heterocycles. The minimum atomic E-state index is 0. The second-order valence-electron chi connectivity index (χ2n) is 7.41. The minimum Gasteiger partial charge on any atom is -0.344 e. The van der Waals surface area contributed by atoms with Gasteiger partial charge in [-0.1, -0.05) is 109 Å². The summed E-state index contributed by atoms with van der Waals surface area (Å²) in [5.74, 6) is 0. The van der Waals surface area contributed by atoms with Gasteiger partial charge >= 0.3 is 0 Å². The molecule has 0 saturated heterocycles. The maximum absolute atomic E-state index is 2.42. The lowest BCUT2D eigenvalue weighted by atomic mass is 9.81. The molecular weight excluding hydrogens is 302 g/mol. The standard InChI is InChI=1S/C21H36.ClH.H3N/c1-4-5-6-7-8-9-10-11-15-18-21(2,3)19-20-16-13-12-14-17-20;;/h12-14,16-17H,4-11,15,18-19H2,1-3H3;1H;1H3. The highest BCUT2D eigenvalue weighted by Gasteiger charge is 2.17. The smallest absolute Gasteiger partial charge is 0.0227 e. The van der Waals surface area contributed by atoms with Crippen LogP contribution >= 0.6 is 12.4 Å². The molecule has 2 heteroatoms. The van der Waals surface area contributed by atoms with Gasteiger partial charge in [0, 0.05) is 0 Å². The van der Waals surface area contributed by atoms with Crippen molar-refractivity contribution in [2.75, 3.05) is 0 Å². The molecule has 0 amide bonds. The Morgan fingerprint density at radius 2 is 1.22 bits per heavy atom. The monoisotopic (exact) mass is 341 g/mol. The van der Waals surface area contributed by atoms with E-state index in [-0.39, 0.29) is 18.6 Å². The molecule has 1 aromatic carbocycles. The van der Waals surface area contributed by atoms with Crippen molar-refractivity contribution in [3.05, 3.63) is 35.9 Å². The molecule has 1 nitrogen and oxygen atoms in total. The zero-order chi connectivity index (χ0) is 15.4.